The van der Waals surface area contributed by atoms with Gasteiger partial charge in [-0.05, 0) is 62.6 Å². The third-order valence-electron chi connectivity index (χ3n) is 5.26. The Kier molecular flexibility index (Phi) is 6.29. The van der Waals surface area contributed by atoms with E-state index in [0.717, 1.165) is 36.3 Å². The molecule has 2 heterocycles. The maximum Gasteiger partial charge on any atom is 0.243 e. The Bertz CT molecular complexity index is 1150. The molecule has 2 aromatic carbocycles. The monoisotopic (exact) mass is 441 g/mol. The Labute approximate surface area is 183 Å². The van der Waals surface area contributed by atoms with Gasteiger partial charge in [0.2, 0.25) is 10.0 Å². The first-order valence-electron chi connectivity index (χ1n) is 10.5. The Morgan fingerprint density at radius 1 is 1.06 bits per heavy atom. The zero-order valence-corrected chi connectivity index (χ0v) is 18.6. The summed E-state index contributed by atoms with van der Waals surface area (Å²) in [5, 5.41) is 7.26. The first-order chi connectivity index (χ1) is 14.9. The number of aryl methyl sites for hydroxylation is 2. The quantitative estimate of drug-likeness (QED) is 0.563. The molecule has 164 valence electrons. The molecule has 1 aromatic heterocycles. The van der Waals surface area contributed by atoms with Gasteiger partial charge < -0.3 is 14.6 Å². The first kappa shape index (κ1) is 21.4. The van der Waals surface area contributed by atoms with Crippen molar-refractivity contribution in [3.05, 3.63) is 65.5 Å². The highest BCUT2D eigenvalue weighted by Crippen LogP contribution is 2.34. The molecule has 7 nitrogen and oxygen atoms in total. The largest absolute Gasteiger partial charge is 0.455 e. The average Bonchev–Trinajstić information content (AvgIpc) is 3.18. The molecule has 0 spiro atoms. The second kappa shape index (κ2) is 9.11. The van der Waals surface area contributed by atoms with Gasteiger partial charge in [0, 0.05) is 19.2 Å². The van der Waals surface area contributed by atoms with Crippen LogP contribution in [0.3, 0.4) is 0 Å². The molecular weight excluding hydrogens is 414 g/mol. The van der Waals surface area contributed by atoms with E-state index in [9.17, 15) is 8.42 Å². The van der Waals surface area contributed by atoms with Crippen LogP contribution in [0.4, 0.5) is 5.69 Å². The van der Waals surface area contributed by atoms with Crippen molar-refractivity contribution in [2.75, 3.05) is 18.4 Å². The van der Waals surface area contributed by atoms with E-state index in [1.807, 2.05) is 44.2 Å². The number of nitrogens with zero attached hydrogens (tertiary/aromatic N) is 2. The van der Waals surface area contributed by atoms with E-state index in [1.54, 1.807) is 22.5 Å². The lowest BCUT2D eigenvalue weighted by Gasteiger charge is -2.26. The van der Waals surface area contributed by atoms with Crippen molar-refractivity contribution in [1.29, 1.82) is 0 Å². The molecule has 1 saturated heterocycles. The highest BCUT2D eigenvalue weighted by atomic mass is 32.2. The molecule has 1 aliphatic rings. The summed E-state index contributed by atoms with van der Waals surface area (Å²) in [6, 6.07) is 14.5. The van der Waals surface area contributed by atoms with Gasteiger partial charge in [0.1, 0.15) is 17.2 Å². The van der Waals surface area contributed by atoms with Gasteiger partial charge in [-0.25, -0.2) is 8.42 Å². The minimum Gasteiger partial charge on any atom is -0.455 e. The SMILES string of the molecule is Cc1cccc(Oc2ccc(S(=O)(=O)N3CCCCC3)cc2NCc2cc(C)on2)c1. The number of aromatic nitrogens is 1. The van der Waals surface area contributed by atoms with Crippen molar-refractivity contribution in [3.8, 4) is 11.5 Å². The van der Waals surface area contributed by atoms with Crippen LogP contribution in [0.15, 0.2) is 57.9 Å². The predicted octanol–water partition coefficient (Wildman–Crippen LogP) is 4.87. The van der Waals surface area contributed by atoms with Crippen LogP contribution in [0, 0.1) is 13.8 Å². The van der Waals surface area contributed by atoms with Crippen LogP contribution in [0.1, 0.15) is 36.3 Å². The maximum absolute atomic E-state index is 13.2. The number of rotatable bonds is 7. The molecule has 0 saturated carbocycles. The fraction of sp³-hybridized carbons (Fsp3) is 0.348. The zero-order chi connectivity index (χ0) is 21.8. The average molecular weight is 442 g/mol. The van der Waals surface area contributed by atoms with E-state index >= 15 is 0 Å². The van der Waals surface area contributed by atoms with Crippen molar-refractivity contribution in [2.24, 2.45) is 0 Å². The minimum absolute atomic E-state index is 0.254. The molecule has 4 rings (SSSR count). The summed E-state index contributed by atoms with van der Waals surface area (Å²) in [6.07, 6.45) is 2.86. The zero-order valence-electron chi connectivity index (χ0n) is 17.8. The lowest BCUT2D eigenvalue weighted by Crippen LogP contribution is -2.35. The topological polar surface area (TPSA) is 84.7 Å². The van der Waals surface area contributed by atoms with Gasteiger partial charge in [-0.3, -0.25) is 0 Å². The fourth-order valence-electron chi connectivity index (χ4n) is 3.64. The van der Waals surface area contributed by atoms with E-state index in [0.29, 0.717) is 36.8 Å². The van der Waals surface area contributed by atoms with Crippen LogP contribution in [0.25, 0.3) is 0 Å². The molecule has 1 N–H and O–H groups in total. The van der Waals surface area contributed by atoms with Crippen molar-refractivity contribution in [2.45, 2.75) is 44.6 Å². The summed E-state index contributed by atoms with van der Waals surface area (Å²) < 4.78 is 39.1. The highest BCUT2D eigenvalue weighted by Gasteiger charge is 2.27. The Morgan fingerprint density at radius 3 is 2.58 bits per heavy atom. The first-order valence-corrected chi connectivity index (χ1v) is 11.9. The lowest BCUT2D eigenvalue weighted by molar-refractivity contribution is 0.346. The standard InChI is InChI=1S/C23H27N3O4S/c1-17-7-6-8-20(13-17)29-23-10-9-21(31(27,28)26-11-4-3-5-12-26)15-22(23)24-16-19-14-18(2)30-25-19/h6-10,13-15,24H,3-5,11-12,16H2,1-2H3. The summed E-state index contributed by atoms with van der Waals surface area (Å²) in [5.41, 5.74) is 2.39. The van der Waals surface area contributed by atoms with Crippen LogP contribution in [-0.4, -0.2) is 31.0 Å². The van der Waals surface area contributed by atoms with Gasteiger partial charge in [-0.15, -0.1) is 0 Å². The number of ether oxygens (including phenoxy) is 1. The molecule has 0 amide bonds. The van der Waals surface area contributed by atoms with E-state index < -0.39 is 10.0 Å². The molecule has 1 fully saturated rings. The molecule has 0 bridgehead atoms. The van der Waals surface area contributed by atoms with Crippen LogP contribution in [0.2, 0.25) is 0 Å². The van der Waals surface area contributed by atoms with Crippen molar-refractivity contribution >= 4 is 15.7 Å². The molecule has 0 radical (unpaired) electrons. The van der Waals surface area contributed by atoms with E-state index in [2.05, 4.69) is 10.5 Å². The maximum atomic E-state index is 13.2. The van der Waals surface area contributed by atoms with Crippen molar-refractivity contribution in [3.63, 3.8) is 0 Å². The number of piperidine rings is 1. The van der Waals surface area contributed by atoms with Crippen molar-refractivity contribution in [1.82, 2.24) is 9.46 Å². The summed E-state index contributed by atoms with van der Waals surface area (Å²) in [5.74, 6) is 1.95. The number of nitrogens with one attached hydrogen (secondary N) is 1. The van der Waals surface area contributed by atoms with E-state index in [4.69, 9.17) is 9.26 Å². The second-order valence-corrected chi connectivity index (χ2v) is 9.76. The van der Waals surface area contributed by atoms with Crippen LogP contribution in [0.5, 0.6) is 11.5 Å². The van der Waals surface area contributed by atoms with Crippen LogP contribution < -0.4 is 10.1 Å². The number of anilines is 1. The molecule has 31 heavy (non-hydrogen) atoms. The molecular formula is C23H27N3O4S. The van der Waals surface area contributed by atoms with E-state index in [-0.39, 0.29) is 4.90 Å². The molecule has 0 atom stereocenters. The van der Waals surface area contributed by atoms with Gasteiger partial charge in [0.25, 0.3) is 0 Å². The molecule has 3 aromatic rings. The third kappa shape index (κ3) is 5.08. The number of benzene rings is 2. The highest BCUT2D eigenvalue weighted by molar-refractivity contribution is 7.89. The molecule has 1 aliphatic heterocycles. The van der Waals surface area contributed by atoms with E-state index in [1.165, 1.54) is 0 Å². The molecule has 8 heteroatoms. The summed E-state index contributed by atoms with van der Waals surface area (Å²) in [7, 11) is -3.56. The molecule has 0 unspecified atom stereocenters. The summed E-state index contributed by atoms with van der Waals surface area (Å²) in [4.78, 5) is 0.254. The Morgan fingerprint density at radius 2 is 1.87 bits per heavy atom. The normalized spacial score (nSPS) is 15.0. The third-order valence-corrected chi connectivity index (χ3v) is 7.15. The number of hydrogen-bond acceptors (Lipinski definition) is 6. The van der Waals surface area contributed by atoms with Gasteiger partial charge in [-0.1, -0.05) is 23.7 Å². The Balaban J connectivity index is 1.64. The van der Waals surface area contributed by atoms with Gasteiger partial charge in [-0.2, -0.15) is 4.31 Å². The Hall–Kier alpha value is -2.84. The molecule has 0 aliphatic carbocycles. The van der Waals surface area contributed by atoms with Crippen molar-refractivity contribution < 1.29 is 17.7 Å². The lowest BCUT2D eigenvalue weighted by atomic mass is 10.2. The van der Waals surface area contributed by atoms with Gasteiger partial charge >= 0.3 is 0 Å². The number of sulfonamides is 1. The smallest absolute Gasteiger partial charge is 0.243 e. The van der Waals surface area contributed by atoms with Gasteiger partial charge in [0.15, 0.2) is 5.75 Å². The van der Waals surface area contributed by atoms with Crippen LogP contribution >= 0.6 is 0 Å². The number of hydrogen-bond donors (Lipinski definition) is 1. The second-order valence-electron chi connectivity index (χ2n) is 7.82. The fourth-order valence-corrected chi connectivity index (χ4v) is 5.19. The van der Waals surface area contributed by atoms with Gasteiger partial charge in [0.05, 0.1) is 17.1 Å². The minimum atomic E-state index is -3.56. The summed E-state index contributed by atoms with van der Waals surface area (Å²) in [6.45, 7) is 5.33. The predicted molar refractivity (Wildman–Crippen MR) is 119 cm³/mol. The van der Waals surface area contributed by atoms with Crippen LogP contribution in [-0.2, 0) is 16.6 Å². The summed E-state index contributed by atoms with van der Waals surface area (Å²) >= 11 is 0.